The molecule has 0 aliphatic carbocycles. The van der Waals surface area contributed by atoms with Gasteiger partial charge in [0.15, 0.2) is 17.3 Å². The van der Waals surface area contributed by atoms with E-state index in [1.54, 1.807) is 12.3 Å². The molecule has 1 aliphatic rings. The van der Waals surface area contributed by atoms with E-state index in [-0.39, 0.29) is 58.8 Å². The normalized spacial score (nSPS) is 13.5. The number of Topliss-reactive ketones (excluding diaryl/α,β-unsaturated/α-hetero) is 1. The van der Waals surface area contributed by atoms with Crippen LogP contribution >= 0.6 is 0 Å². The molecule has 4 heterocycles. The van der Waals surface area contributed by atoms with Crippen LogP contribution in [0.5, 0.6) is 0 Å². The van der Waals surface area contributed by atoms with E-state index in [2.05, 4.69) is 15.0 Å². The zero-order chi connectivity index (χ0) is 24.5. The summed E-state index contributed by atoms with van der Waals surface area (Å²) in [5.41, 5.74) is 6.36. The van der Waals surface area contributed by atoms with Crippen LogP contribution in [0.25, 0.3) is 22.8 Å². The van der Waals surface area contributed by atoms with Gasteiger partial charge in [0, 0.05) is 29.8 Å². The van der Waals surface area contributed by atoms with Gasteiger partial charge < -0.3 is 19.5 Å². The molecular formula is C24H19F2N5O4. The van der Waals surface area contributed by atoms with Crippen molar-refractivity contribution in [3.05, 3.63) is 82.2 Å². The van der Waals surface area contributed by atoms with E-state index in [0.29, 0.717) is 18.8 Å². The summed E-state index contributed by atoms with van der Waals surface area (Å²) in [5.74, 6) is -2.07. The zero-order valence-electron chi connectivity index (χ0n) is 18.3. The SMILES string of the molecule is Nc1nc(-c2ncco2)c(-c2ccc(=O)n(C3COC3)c2)nc1C(=O)CCc1c(F)cccc1F. The van der Waals surface area contributed by atoms with E-state index >= 15 is 0 Å². The molecule has 0 saturated carbocycles. The summed E-state index contributed by atoms with van der Waals surface area (Å²) >= 11 is 0. The van der Waals surface area contributed by atoms with Gasteiger partial charge in [-0.2, -0.15) is 0 Å². The third kappa shape index (κ3) is 4.33. The molecule has 0 radical (unpaired) electrons. The fourth-order valence-corrected chi connectivity index (χ4v) is 3.79. The number of rotatable bonds is 7. The summed E-state index contributed by atoms with van der Waals surface area (Å²) in [7, 11) is 0. The smallest absolute Gasteiger partial charge is 0.250 e. The second kappa shape index (κ2) is 9.18. The molecule has 0 unspecified atom stereocenters. The van der Waals surface area contributed by atoms with Crippen LogP contribution in [0, 0.1) is 11.6 Å². The van der Waals surface area contributed by atoms with E-state index in [1.165, 1.54) is 29.2 Å². The number of halogens is 2. The minimum Gasteiger partial charge on any atom is -0.443 e. The predicted octanol–water partition coefficient (Wildman–Crippen LogP) is 3.21. The molecule has 35 heavy (non-hydrogen) atoms. The standard InChI is InChI=1S/C24H19F2N5O4/c25-16-2-1-3-17(26)15(16)5-6-18(32)21-23(27)30-22(24-28-8-9-35-24)20(29-21)13-4-7-19(33)31(10-13)14-11-34-12-14/h1-4,7-10,14H,5-6,11-12H2,(H2,27,30). The lowest BCUT2D eigenvalue weighted by Gasteiger charge is -2.28. The highest BCUT2D eigenvalue weighted by Gasteiger charge is 2.25. The monoisotopic (exact) mass is 479 g/mol. The molecule has 0 bridgehead atoms. The molecule has 1 saturated heterocycles. The molecule has 2 N–H and O–H groups in total. The lowest BCUT2D eigenvalue weighted by Crippen LogP contribution is -2.36. The van der Waals surface area contributed by atoms with Crippen molar-refractivity contribution in [2.75, 3.05) is 18.9 Å². The van der Waals surface area contributed by atoms with Gasteiger partial charge in [-0.15, -0.1) is 0 Å². The molecule has 178 valence electrons. The number of anilines is 1. The Kier molecular flexibility index (Phi) is 5.91. The minimum atomic E-state index is -0.737. The molecule has 0 spiro atoms. The number of ketones is 1. The summed E-state index contributed by atoms with van der Waals surface area (Å²) < 4.78 is 40.1. The van der Waals surface area contributed by atoms with Gasteiger partial charge in [-0.05, 0) is 24.6 Å². The largest absolute Gasteiger partial charge is 0.443 e. The van der Waals surface area contributed by atoms with E-state index in [4.69, 9.17) is 14.9 Å². The number of ether oxygens (including phenoxy) is 1. The zero-order valence-corrected chi connectivity index (χ0v) is 18.3. The number of oxazole rings is 1. The first-order valence-corrected chi connectivity index (χ1v) is 10.8. The van der Waals surface area contributed by atoms with E-state index in [1.807, 2.05) is 0 Å². The lowest BCUT2D eigenvalue weighted by molar-refractivity contribution is -0.0247. The van der Waals surface area contributed by atoms with Crippen molar-refractivity contribution in [2.24, 2.45) is 0 Å². The van der Waals surface area contributed by atoms with Gasteiger partial charge in [0.05, 0.1) is 25.5 Å². The van der Waals surface area contributed by atoms with Gasteiger partial charge in [0.2, 0.25) is 5.89 Å². The van der Waals surface area contributed by atoms with Crippen molar-refractivity contribution in [2.45, 2.75) is 18.9 Å². The molecule has 1 aromatic carbocycles. The molecule has 0 amide bonds. The van der Waals surface area contributed by atoms with E-state index in [9.17, 15) is 18.4 Å². The molecule has 4 aromatic rings. The van der Waals surface area contributed by atoms with E-state index in [0.717, 1.165) is 12.1 Å². The molecule has 11 heteroatoms. The van der Waals surface area contributed by atoms with Crippen molar-refractivity contribution in [3.63, 3.8) is 0 Å². The summed E-state index contributed by atoms with van der Waals surface area (Å²) in [6.07, 6.45) is 3.96. The Morgan fingerprint density at radius 1 is 1.11 bits per heavy atom. The maximum atomic E-state index is 14.0. The number of benzene rings is 1. The molecule has 5 rings (SSSR count). The van der Waals surface area contributed by atoms with Gasteiger partial charge in [-0.25, -0.2) is 23.7 Å². The Labute approximate surface area is 197 Å². The van der Waals surface area contributed by atoms with Crippen molar-refractivity contribution < 1.29 is 22.7 Å². The molecule has 1 fully saturated rings. The van der Waals surface area contributed by atoms with Gasteiger partial charge in [-0.3, -0.25) is 9.59 Å². The predicted molar refractivity (Wildman–Crippen MR) is 121 cm³/mol. The number of hydrogen-bond donors (Lipinski definition) is 1. The van der Waals surface area contributed by atoms with Crippen LogP contribution in [0.3, 0.4) is 0 Å². The maximum Gasteiger partial charge on any atom is 0.250 e. The number of carbonyl (C=O) groups is 1. The van der Waals surface area contributed by atoms with Crippen LogP contribution in [0.15, 0.2) is 58.2 Å². The fraction of sp³-hybridized carbons (Fsp3) is 0.208. The number of nitrogen functional groups attached to an aromatic ring is 1. The molecule has 9 nitrogen and oxygen atoms in total. The highest BCUT2D eigenvalue weighted by Crippen LogP contribution is 2.31. The molecule has 1 aliphatic heterocycles. The Hall–Kier alpha value is -4.25. The average Bonchev–Trinajstić information content (AvgIpc) is 3.34. The van der Waals surface area contributed by atoms with Gasteiger partial charge >= 0.3 is 0 Å². The summed E-state index contributed by atoms with van der Waals surface area (Å²) in [6.45, 7) is 0.805. The van der Waals surface area contributed by atoms with Gasteiger partial charge in [-0.1, -0.05) is 6.07 Å². The second-order valence-electron chi connectivity index (χ2n) is 7.97. The summed E-state index contributed by atoms with van der Waals surface area (Å²) in [6, 6.07) is 6.32. The highest BCUT2D eigenvalue weighted by atomic mass is 19.1. The number of carbonyl (C=O) groups excluding carboxylic acids is 1. The van der Waals surface area contributed by atoms with Crippen molar-refractivity contribution in [1.82, 2.24) is 19.5 Å². The molecule has 3 aromatic heterocycles. The Morgan fingerprint density at radius 3 is 2.54 bits per heavy atom. The van der Waals surface area contributed by atoms with Crippen molar-refractivity contribution in [3.8, 4) is 22.8 Å². The van der Waals surface area contributed by atoms with Crippen LogP contribution in [0.2, 0.25) is 0 Å². The lowest BCUT2D eigenvalue weighted by atomic mass is 10.0. The third-order valence-electron chi connectivity index (χ3n) is 5.71. The van der Waals surface area contributed by atoms with Crippen LogP contribution in [-0.4, -0.2) is 38.5 Å². The molecular weight excluding hydrogens is 460 g/mol. The number of hydrogen-bond acceptors (Lipinski definition) is 8. The van der Waals surface area contributed by atoms with E-state index < -0.39 is 17.4 Å². The second-order valence-corrected chi connectivity index (χ2v) is 7.97. The van der Waals surface area contributed by atoms with Gasteiger partial charge in [0.1, 0.15) is 29.3 Å². The average molecular weight is 479 g/mol. The number of aromatic nitrogens is 4. The first-order valence-electron chi connectivity index (χ1n) is 10.8. The van der Waals surface area contributed by atoms with Crippen LogP contribution < -0.4 is 11.3 Å². The topological polar surface area (TPSA) is 126 Å². The van der Waals surface area contributed by atoms with Crippen LogP contribution in [0.4, 0.5) is 14.6 Å². The quantitative estimate of drug-likeness (QED) is 0.401. The first-order chi connectivity index (χ1) is 16.9. The summed E-state index contributed by atoms with van der Waals surface area (Å²) in [5, 5.41) is 0. The third-order valence-corrected chi connectivity index (χ3v) is 5.71. The van der Waals surface area contributed by atoms with Gasteiger partial charge in [0.25, 0.3) is 5.56 Å². The fourth-order valence-electron chi connectivity index (χ4n) is 3.79. The first kappa shape index (κ1) is 22.5. The Morgan fingerprint density at radius 2 is 1.89 bits per heavy atom. The van der Waals surface area contributed by atoms with Crippen LogP contribution in [-0.2, 0) is 11.2 Å². The number of pyridine rings is 1. The minimum absolute atomic E-state index is 0.119. The number of nitrogens with zero attached hydrogens (tertiary/aromatic N) is 4. The number of nitrogens with two attached hydrogens (primary N) is 1. The molecule has 0 atom stereocenters. The Balaban J connectivity index is 1.55. The summed E-state index contributed by atoms with van der Waals surface area (Å²) in [4.78, 5) is 38.2. The highest BCUT2D eigenvalue weighted by molar-refractivity contribution is 5.99. The maximum absolute atomic E-state index is 14.0. The van der Waals surface area contributed by atoms with Crippen LogP contribution in [0.1, 0.15) is 28.5 Å². The Bertz CT molecular complexity index is 1450. The van der Waals surface area contributed by atoms with Crippen molar-refractivity contribution in [1.29, 1.82) is 0 Å². The van der Waals surface area contributed by atoms with Crippen molar-refractivity contribution >= 4 is 11.6 Å².